The molecule has 0 aromatic heterocycles. The van der Waals surface area contributed by atoms with E-state index in [4.69, 9.17) is 0 Å². The molecule has 0 radical (unpaired) electrons. The Labute approximate surface area is 281 Å². The van der Waals surface area contributed by atoms with Gasteiger partial charge < -0.3 is 24.8 Å². The van der Waals surface area contributed by atoms with Crippen molar-refractivity contribution in [3.8, 4) is 0 Å². The van der Waals surface area contributed by atoms with Gasteiger partial charge in [-0.15, -0.1) is 94.0 Å². The first-order chi connectivity index (χ1) is 16.8. The molecule has 4 aromatic rings. The average molecular weight is 698 g/mol. The van der Waals surface area contributed by atoms with Gasteiger partial charge in [0.2, 0.25) is 0 Å². The Morgan fingerprint density at radius 2 is 1.03 bits per heavy atom. The van der Waals surface area contributed by atoms with Crippen LogP contribution < -0.4 is 24.8 Å². The quantitative estimate of drug-likeness (QED) is 0.286. The maximum Gasteiger partial charge on any atom is 2.00 e. The van der Waals surface area contributed by atoms with E-state index in [9.17, 15) is 0 Å². The Morgan fingerprint density at radius 3 is 1.29 bits per heavy atom. The number of rotatable bonds is 4. The number of allylic oxidation sites excluding steroid dienone is 8. The van der Waals surface area contributed by atoms with Gasteiger partial charge in [-0.3, -0.25) is 12.2 Å². The van der Waals surface area contributed by atoms with Crippen LogP contribution in [0.15, 0.2) is 109 Å². The summed E-state index contributed by atoms with van der Waals surface area (Å²) in [6, 6.07) is 26.2. The molecule has 0 heterocycles. The van der Waals surface area contributed by atoms with Gasteiger partial charge in [0.25, 0.3) is 0 Å². The predicted molar refractivity (Wildman–Crippen MR) is 150 cm³/mol. The molecule has 4 heteroatoms. The Balaban J connectivity index is 0. The van der Waals surface area contributed by atoms with Crippen molar-refractivity contribution >= 4 is 21.5 Å². The van der Waals surface area contributed by atoms with Crippen LogP contribution in [0.25, 0.3) is 21.5 Å². The third-order valence-corrected chi connectivity index (χ3v) is 5.60. The molecule has 0 nitrogen and oxygen atoms in total. The van der Waals surface area contributed by atoms with Gasteiger partial charge in [0.15, 0.2) is 0 Å². The van der Waals surface area contributed by atoms with Crippen molar-refractivity contribution in [2.45, 2.75) is 52.4 Å². The van der Waals surface area contributed by atoms with E-state index >= 15 is 0 Å². The molecule has 196 valence electrons. The standard InChI is InChI=1S/2C12H13.2C5H5.2ClH.2Zr/c2*1-2-5-10-8-11-6-3-4-7-12(11)9-10;2*1-2-4-5-3-1;;;;/h2*3-4,6-9H,2,5H2,1H3;2*1-3H,4H2;2*1H;;/q4*-1;;;2*+2/p-2. The summed E-state index contributed by atoms with van der Waals surface area (Å²) >= 11 is 0. The fraction of sp³-hybridized carbons (Fsp3) is 0.235. The van der Waals surface area contributed by atoms with Crippen LogP contribution in [-0.2, 0) is 65.2 Å². The van der Waals surface area contributed by atoms with Gasteiger partial charge in [0.1, 0.15) is 0 Å². The van der Waals surface area contributed by atoms with Gasteiger partial charge in [-0.05, 0) is 12.8 Å². The fourth-order valence-corrected chi connectivity index (χ4v) is 3.98. The molecule has 0 bridgehead atoms. The second kappa shape index (κ2) is 23.8. The molecule has 0 atom stereocenters. The van der Waals surface area contributed by atoms with Gasteiger partial charge in [-0.2, -0.15) is 24.3 Å². The van der Waals surface area contributed by atoms with Crippen molar-refractivity contribution in [1.29, 1.82) is 0 Å². The zero-order valence-corrected chi connectivity index (χ0v) is 28.8. The molecular weight excluding hydrogens is 662 g/mol. The predicted octanol–water partition coefficient (Wildman–Crippen LogP) is 3.64. The van der Waals surface area contributed by atoms with E-state index in [0.717, 1.165) is 12.8 Å². The molecule has 6 rings (SSSR count). The summed E-state index contributed by atoms with van der Waals surface area (Å²) in [4.78, 5) is 0. The molecule has 0 N–H and O–H groups in total. The number of hydrogen-bond acceptors (Lipinski definition) is 0. The summed E-state index contributed by atoms with van der Waals surface area (Å²) in [5, 5.41) is 5.50. The Morgan fingerprint density at radius 1 is 0.632 bits per heavy atom. The Bertz CT molecular complexity index is 1060. The molecule has 0 amide bonds. The fourth-order valence-electron chi connectivity index (χ4n) is 3.98. The van der Waals surface area contributed by atoms with Crippen molar-refractivity contribution in [2.75, 3.05) is 0 Å². The number of fused-ring (bicyclic) bond motifs is 2. The molecule has 0 saturated heterocycles. The van der Waals surface area contributed by atoms with Crippen LogP contribution in [0.2, 0.25) is 0 Å². The summed E-state index contributed by atoms with van der Waals surface area (Å²) < 4.78 is 0. The molecule has 0 unspecified atom stereocenters. The van der Waals surface area contributed by atoms with E-state index in [-0.39, 0.29) is 77.2 Å². The summed E-state index contributed by atoms with van der Waals surface area (Å²) in [7, 11) is 0. The van der Waals surface area contributed by atoms with Crippen LogP contribution in [0.5, 0.6) is 0 Å². The first-order valence-corrected chi connectivity index (χ1v) is 12.5. The largest absolute Gasteiger partial charge is 2.00 e. The van der Waals surface area contributed by atoms with Crippen LogP contribution in [0.3, 0.4) is 0 Å². The van der Waals surface area contributed by atoms with Crippen molar-refractivity contribution in [1.82, 2.24) is 0 Å². The van der Waals surface area contributed by atoms with Gasteiger partial charge >= 0.3 is 52.4 Å². The summed E-state index contributed by atoms with van der Waals surface area (Å²) in [6.45, 7) is 4.44. The second-order valence-electron chi connectivity index (χ2n) is 8.49. The summed E-state index contributed by atoms with van der Waals surface area (Å²) in [5.41, 5.74) is 2.94. The van der Waals surface area contributed by atoms with E-state index in [0.29, 0.717) is 0 Å². The van der Waals surface area contributed by atoms with Crippen molar-refractivity contribution in [2.24, 2.45) is 0 Å². The molecular formula is C34H36Cl2Zr2-2. The second-order valence-corrected chi connectivity index (χ2v) is 8.49. The maximum atomic E-state index is 2.99. The number of hydrogen-bond donors (Lipinski definition) is 0. The van der Waals surface area contributed by atoms with Crippen molar-refractivity contribution in [3.05, 3.63) is 133 Å². The van der Waals surface area contributed by atoms with Gasteiger partial charge in [0.05, 0.1) is 0 Å². The molecule has 2 aliphatic carbocycles. The Hall–Kier alpha value is -1.03. The minimum absolute atomic E-state index is 0. The third-order valence-electron chi connectivity index (χ3n) is 5.60. The molecule has 0 spiro atoms. The minimum Gasteiger partial charge on any atom is -1.00 e. The van der Waals surface area contributed by atoms with Crippen LogP contribution in [0.4, 0.5) is 0 Å². The minimum atomic E-state index is 0. The van der Waals surface area contributed by atoms with Crippen LogP contribution in [0.1, 0.15) is 50.7 Å². The van der Waals surface area contributed by atoms with E-state index < -0.39 is 0 Å². The molecule has 2 aliphatic rings. The molecule has 4 aromatic carbocycles. The monoisotopic (exact) mass is 694 g/mol. The summed E-state index contributed by atoms with van der Waals surface area (Å²) in [6.07, 6.45) is 24.9. The topological polar surface area (TPSA) is 0 Å². The third kappa shape index (κ3) is 14.4. The van der Waals surface area contributed by atoms with Gasteiger partial charge in [-0.25, -0.2) is 24.3 Å². The number of halogens is 2. The van der Waals surface area contributed by atoms with E-state index in [2.05, 4.69) is 111 Å². The van der Waals surface area contributed by atoms with Gasteiger partial charge in [0, 0.05) is 0 Å². The molecule has 0 saturated carbocycles. The first kappa shape index (κ1) is 39.1. The van der Waals surface area contributed by atoms with Crippen LogP contribution in [-0.4, -0.2) is 0 Å². The molecule has 0 aliphatic heterocycles. The number of aryl methyl sites for hydroxylation is 2. The SMILES string of the molecule is CCCc1cc2ccccc2[cH-]1.CCCc1cc2ccccc2[cH-]1.[C-]1=CC=CC1.[C-]1=CC=CC1.[Cl-].[Cl-].[Zr+2].[Zr+2]. The van der Waals surface area contributed by atoms with Crippen molar-refractivity contribution in [3.63, 3.8) is 0 Å². The zero-order valence-electron chi connectivity index (χ0n) is 22.4. The smallest absolute Gasteiger partial charge is 1.00 e. The normalized spacial score (nSPS) is 11.4. The molecule has 38 heavy (non-hydrogen) atoms. The first-order valence-electron chi connectivity index (χ1n) is 12.5. The van der Waals surface area contributed by atoms with Gasteiger partial charge in [-0.1, -0.05) is 38.8 Å². The number of benzene rings is 2. The van der Waals surface area contributed by atoms with E-state index in [1.165, 1.54) is 58.4 Å². The summed E-state index contributed by atoms with van der Waals surface area (Å²) in [5.74, 6) is 0. The van der Waals surface area contributed by atoms with E-state index in [1.54, 1.807) is 0 Å². The van der Waals surface area contributed by atoms with Crippen LogP contribution >= 0.6 is 0 Å². The van der Waals surface area contributed by atoms with Crippen LogP contribution in [0, 0.1) is 12.2 Å². The Kier molecular flexibility index (Phi) is 24.5. The molecule has 0 fully saturated rings. The zero-order chi connectivity index (χ0) is 23.8. The van der Waals surface area contributed by atoms with E-state index in [1.807, 2.05) is 24.3 Å². The van der Waals surface area contributed by atoms with Crippen molar-refractivity contribution < 1.29 is 77.2 Å². The maximum absolute atomic E-state index is 2.99. The average Bonchev–Trinajstić information content (AvgIpc) is 3.68.